The average molecular weight is 479 g/mol. The van der Waals surface area contributed by atoms with Gasteiger partial charge in [-0.25, -0.2) is 14.6 Å². The summed E-state index contributed by atoms with van der Waals surface area (Å²) in [5.74, 6) is -0.366. The van der Waals surface area contributed by atoms with E-state index in [1.165, 1.54) is 15.9 Å². The number of carbonyl (C=O) groups is 1. The number of aryl methyl sites for hydroxylation is 1. The van der Waals surface area contributed by atoms with E-state index in [4.69, 9.17) is 9.72 Å². The van der Waals surface area contributed by atoms with Crippen LogP contribution in [0.4, 0.5) is 5.13 Å². The molecule has 0 unspecified atom stereocenters. The molecule has 0 aliphatic carbocycles. The van der Waals surface area contributed by atoms with Crippen LogP contribution < -0.4 is 16.1 Å². The molecule has 0 atom stereocenters. The van der Waals surface area contributed by atoms with E-state index in [1.807, 2.05) is 12.1 Å². The number of benzene rings is 1. The third kappa shape index (κ3) is 3.47. The number of ether oxygens (including phenoxy) is 1. The molecule has 1 saturated heterocycles. The topological polar surface area (TPSA) is 137 Å². The second-order valence-electron chi connectivity index (χ2n) is 8.18. The molecule has 4 aromatic rings. The molecular weight excluding hydrogens is 456 g/mol. The normalized spacial score (nSPS) is 14.6. The SMILES string of the molecule is CCOC(=O)c1cccc2nc(N3CCC(n4c(=O)[nH]c5c(C#N)c(C)[nH]c5c4=O)CC3)sc12. The molecule has 0 radical (unpaired) electrons. The average Bonchev–Trinajstić information content (AvgIpc) is 3.40. The van der Waals surface area contributed by atoms with E-state index < -0.39 is 11.2 Å². The molecule has 1 fully saturated rings. The van der Waals surface area contributed by atoms with E-state index in [9.17, 15) is 19.6 Å². The summed E-state index contributed by atoms with van der Waals surface area (Å²) in [5, 5.41) is 10.1. The summed E-state index contributed by atoms with van der Waals surface area (Å²) in [6.07, 6.45) is 1.17. The van der Waals surface area contributed by atoms with Crippen LogP contribution in [0.3, 0.4) is 0 Å². The lowest BCUT2D eigenvalue weighted by molar-refractivity contribution is 0.0529. The minimum absolute atomic E-state index is 0.244. The summed E-state index contributed by atoms with van der Waals surface area (Å²) in [7, 11) is 0. The van der Waals surface area contributed by atoms with E-state index in [2.05, 4.69) is 14.9 Å². The second kappa shape index (κ2) is 8.46. The highest BCUT2D eigenvalue weighted by Gasteiger charge is 2.27. The Hall–Kier alpha value is -3.91. The summed E-state index contributed by atoms with van der Waals surface area (Å²) >= 11 is 1.44. The smallest absolute Gasteiger partial charge is 0.339 e. The molecule has 5 rings (SSSR count). The van der Waals surface area contributed by atoms with Gasteiger partial charge in [0.1, 0.15) is 11.6 Å². The van der Waals surface area contributed by atoms with Crippen molar-refractivity contribution in [3.8, 4) is 6.07 Å². The van der Waals surface area contributed by atoms with Gasteiger partial charge in [0.2, 0.25) is 0 Å². The Morgan fingerprint density at radius 2 is 2.03 bits per heavy atom. The number of hydrogen-bond acceptors (Lipinski definition) is 8. The number of H-pyrrole nitrogens is 2. The van der Waals surface area contributed by atoms with E-state index in [0.717, 1.165) is 15.3 Å². The van der Waals surface area contributed by atoms with Crippen LogP contribution in [-0.4, -0.2) is 45.2 Å². The molecule has 10 nitrogen and oxygen atoms in total. The maximum absolute atomic E-state index is 13.1. The van der Waals surface area contributed by atoms with E-state index in [1.54, 1.807) is 26.0 Å². The summed E-state index contributed by atoms with van der Waals surface area (Å²) in [6, 6.07) is 7.16. The van der Waals surface area contributed by atoms with Crippen LogP contribution >= 0.6 is 11.3 Å². The van der Waals surface area contributed by atoms with E-state index in [-0.39, 0.29) is 28.6 Å². The third-order valence-corrected chi connectivity index (χ3v) is 7.35. The maximum atomic E-state index is 13.1. The van der Waals surface area contributed by atoms with Gasteiger partial charge >= 0.3 is 11.7 Å². The number of anilines is 1. The number of carbonyl (C=O) groups excluding carboxylic acids is 1. The third-order valence-electron chi connectivity index (χ3n) is 6.18. The minimum atomic E-state index is -0.509. The number of fused-ring (bicyclic) bond motifs is 2. The van der Waals surface area contributed by atoms with Crippen LogP contribution in [0, 0.1) is 18.3 Å². The molecule has 0 bridgehead atoms. The van der Waals surface area contributed by atoms with Crippen molar-refractivity contribution < 1.29 is 9.53 Å². The summed E-state index contributed by atoms with van der Waals surface area (Å²) in [4.78, 5) is 50.6. The molecule has 3 aromatic heterocycles. The van der Waals surface area contributed by atoms with Crippen LogP contribution in [0.25, 0.3) is 21.3 Å². The van der Waals surface area contributed by atoms with Gasteiger partial charge in [-0.2, -0.15) is 5.26 Å². The fourth-order valence-corrected chi connectivity index (χ4v) is 5.64. The predicted molar refractivity (Wildman–Crippen MR) is 129 cm³/mol. The number of aromatic amines is 2. The molecule has 4 heterocycles. The highest BCUT2D eigenvalue weighted by atomic mass is 32.1. The summed E-state index contributed by atoms with van der Waals surface area (Å²) in [5.41, 5.74) is 1.65. The molecule has 34 heavy (non-hydrogen) atoms. The highest BCUT2D eigenvalue weighted by Crippen LogP contribution is 2.34. The summed E-state index contributed by atoms with van der Waals surface area (Å²) < 4.78 is 7.21. The first-order valence-electron chi connectivity index (χ1n) is 11.0. The van der Waals surface area contributed by atoms with Crippen LogP contribution in [-0.2, 0) is 4.74 Å². The zero-order valence-corrected chi connectivity index (χ0v) is 19.5. The lowest BCUT2D eigenvalue weighted by Crippen LogP contribution is -2.43. The predicted octanol–water partition coefficient (Wildman–Crippen LogP) is 2.83. The number of piperidine rings is 1. The molecule has 1 aliphatic heterocycles. The number of nitriles is 1. The number of esters is 1. The Kier molecular flexibility index (Phi) is 5.45. The number of hydrogen-bond donors (Lipinski definition) is 2. The molecule has 1 aromatic carbocycles. The largest absolute Gasteiger partial charge is 0.462 e. The second-order valence-corrected chi connectivity index (χ2v) is 9.16. The Morgan fingerprint density at radius 1 is 1.26 bits per heavy atom. The van der Waals surface area contributed by atoms with Gasteiger partial charge in [0, 0.05) is 24.8 Å². The van der Waals surface area contributed by atoms with Gasteiger partial charge in [-0.3, -0.25) is 9.36 Å². The van der Waals surface area contributed by atoms with Crippen molar-refractivity contribution in [3.63, 3.8) is 0 Å². The highest BCUT2D eigenvalue weighted by molar-refractivity contribution is 7.22. The monoisotopic (exact) mass is 478 g/mol. The zero-order chi connectivity index (χ0) is 24.0. The molecule has 0 amide bonds. The summed E-state index contributed by atoms with van der Waals surface area (Å²) in [6.45, 7) is 4.99. The van der Waals surface area contributed by atoms with Gasteiger partial charge in [-0.15, -0.1) is 0 Å². The fraction of sp³-hybridized carbons (Fsp3) is 0.348. The molecule has 1 aliphatic rings. The fourth-order valence-electron chi connectivity index (χ4n) is 4.52. The van der Waals surface area contributed by atoms with Crippen molar-refractivity contribution in [2.24, 2.45) is 0 Å². The maximum Gasteiger partial charge on any atom is 0.339 e. The van der Waals surface area contributed by atoms with Crippen molar-refractivity contribution in [1.29, 1.82) is 5.26 Å². The van der Waals surface area contributed by atoms with Gasteiger partial charge in [-0.05, 0) is 38.8 Å². The van der Waals surface area contributed by atoms with Crippen molar-refractivity contribution in [2.45, 2.75) is 32.7 Å². The number of rotatable bonds is 4. The van der Waals surface area contributed by atoms with Gasteiger partial charge in [-0.1, -0.05) is 17.4 Å². The molecule has 0 saturated carbocycles. The zero-order valence-electron chi connectivity index (χ0n) is 18.7. The number of aromatic nitrogens is 4. The molecule has 2 N–H and O–H groups in total. The quantitative estimate of drug-likeness (QED) is 0.430. The first kappa shape index (κ1) is 21.9. The number of nitrogens with one attached hydrogen (secondary N) is 2. The van der Waals surface area contributed by atoms with E-state index in [0.29, 0.717) is 43.8 Å². The van der Waals surface area contributed by atoms with Gasteiger partial charge in [0.05, 0.1) is 33.5 Å². The Labute approximate surface area is 197 Å². The Bertz CT molecular complexity index is 1580. The molecule has 11 heteroatoms. The van der Waals surface area contributed by atoms with Crippen LogP contribution in [0.5, 0.6) is 0 Å². The van der Waals surface area contributed by atoms with Gasteiger partial charge in [0.15, 0.2) is 5.13 Å². The van der Waals surface area contributed by atoms with Crippen molar-refractivity contribution in [2.75, 3.05) is 24.6 Å². The molecule has 0 spiro atoms. The van der Waals surface area contributed by atoms with Crippen molar-refractivity contribution in [3.05, 3.63) is 55.9 Å². The lowest BCUT2D eigenvalue weighted by Gasteiger charge is -2.32. The van der Waals surface area contributed by atoms with Gasteiger partial charge in [0.25, 0.3) is 5.56 Å². The van der Waals surface area contributed by atoms with Crippen LogP contribution in [0.15, 0.2) is 27.8 Å². The number of nitrogens with zero attached hydrogens (tertiary/aromatic N) is 4. The van der Waals surface area contributed by atoms with Crippen molar-refractivity contribution in [1.82, 2.24) is 19.5 Å². The standard InChI is InChI=1S/C23H22N6O4S/c1-3-33-21(31)14-5-4-6-16-19(14)34-23(26-16)28-9-7-13(8-10-28)29-20(30)18-17(27-22(29)32)15(11-24)12(2)25-18/h4-6,13,25H,3,7-10H2,1-2H3,(H,27,32). The minimum Gasteiger partial charge on any atom is -0.462 e. The first-order chi connectivity index (χ1) is 16.4. The van der Waals surface area contributed by atoms with Crippen LogP contribution in [0.2, 0.25) is 0 Å². The Morgan fingerprint density at radius 3 is 2.74 bits per heavy atom. The Balaban J connectivity index is 1.41. The van der Waals surface area contributed by atoms with Crippen molar-refractivity contribution >= 4 is 43.7 Å². The molecule has 174 valence electrons. The van der Waals surface area contributed by atoms with E-state index >= 15 is 0 Å². The molecular formula is C23H22N6O4S. The lowest BCUT2D eigenvalue weighted by atomic mass is 10.1. The number of thiazole rings is 1. The van der Waals surface area contributed by atoms with Crippen LogP contribution in [0.1, 0.15) is 47.4 Å². The first-order valence-corrected chi connectivity index (χ1v) is 11.8. The van der Waals surface area contributed by atoms with Gasteiger partial charge < -0.3 is 19.6 Å².